The van der Waals surface area contributed by atoms with Crippen LogP contribution in [-0.2, 0) is 0 Å². The zero-order valence-corrected chi connectivity index (χ0v) is 12.1. The molecule has 0 N–H and O–H groups in total. The minimum absolute atomic E-state index is 0.157. The third-order valence-corrected chi connectivity index (χ3v) is 3.70. The highest BCUT2D eigenvalue weighted by Crippen LogP contribution is 2.18. The van der Waals surface area contributed by atoms with Crippen molar-refractivity contribution < 1.29 is 4.79 Å². The minimum Gasteiger partial charge on any atom is -0.378 e. The molecule has 0 amide bonds. The SMILES string of the molecule is CN(C)c1ccc(/C=C(\C#N)C(=O)c2cccs2)cc1. The molecule has 1 aromatic carbocycles. The number of thiophene rings is 1. The topological polar surface area (TPSA) is 44.1 Å². The molecule has 1 heterocycles. The Labute approximate surface area is 122 Å². The van der Waals surface area contributed by atoms with E-state index in [1.165, 1.54) is 11.3 Å². The van der Waals surface area contributed by atoms with Crippen LogP contribution in [0, 0.1) is 11.3 Å². The summed E-state index contributed by atoms with van der Waals surface area (Å²) in [6.45, 7) is 0. The van der Waals surface area contributed by atoms with E-state index in [1.54, 1.807) is 18.2 Å². The molecule has 0 fully saturated rings. The fraction of sp³-hybridized carbons (Fsp3) is 0.125. The molecule has 0 spiro atoms. The molecular weight excluding hydrogens is 268 g/mol. The minimum atomic E-state index is -0.223. The van der Waals surface area contributed by atoms with Crippen molar-refractivity contribution in [2.24, 2.45) is 0 Å². The number of allylic oxidation sites excluding steroid dienone is 1. The Morgan fingerprint density at radius 2 is 1.95 bits per heavy atom. The molecule has 0 radical (unpaired) electrons. The van der Waals surface area contributed by atoms with E-state index < -0.39 is 0 Å². The van der Waals surface area contributed by atoms with Crippen molar-refractivity contribution in [3.05, 3.63) is 57.8 Å². The molecule has 0 bridgehead atoms. The second-order valence-corrected chi connectivity index (χ2v) is 5.41. The first-order chi connectivity index (χ1) is 9.61. The van der Waals surface area contributed by atoms with Crippen molar-refractivity contribution in [3.63, 3.8) is 0 Å². The number of rotatable bonds is 4. The van der Waals surface area contributed by atoms with Crippen LogP contribution in [0.3, 0.4) is 0 Å². The van der Waals surface area contributed by atoms with Gasteiger partial charge >= 0.3 is 0 Å². The van der Waals surface area contributed by atoms with Gasteiger partial charge in [0, 0.05) is 19.8 Å². The average Bonchev–Trinajstić information content (AvgIpc) is 2.98. The molecule has 2 aromatic rings. The van der Waals surface area contributed by atoms with E-state index in [1.807, 2.05) is 54.7 Å². The van der Waals surface area contributed by atoms with Gasteiger partial charge in [-0.3, -0.25) is 4.79 Å². The fourth-order valence-electron chi connectivity index (χ4n) is 1.72. The molecule has 4 heteroatoms. The van der Waals surface area contributed by atoms with E-state index in [9.17, 15) is 4.79 Å². The number of anilines is 1. The summed E-state index contributed by atoms with van der Waals surface area (Å²) in [5.41, 5.74) is 2.08. The van der Waals surface area contributed by atoms with Crippen molar-refractivity contribution in [1.82, 2.24) is 0 Å². The second kappa shape index (κ2) is 6.18. The van der Waals surface area contributed by atoms with Gasteiger partial charge in [-0.2, -0.15) is 5.26 Å². The second-order valence-electron chi connectivity index (χ2n) is 4.46. The summed E-state index contributed by atoms with van der Waals surface area (Å²) in [5.74, 6) is -0.223. The van der Waals surface area contributed by atoms with Crippen LogP contribution in [0.25, 0.3) is 6.08 Å². The lowest BCUT2D eigenvalue weighted by Gasteiger charge is -2.11. The highest BCUT2D eigenvalue weighted by atomic mass is 32.1. The summed E-state index contributed by atoms with van der Waals surface area (Å²) in [7, 11) is 3.93. The van der Waals surface area contributed by atoms with Crippen LogP contribution in [-0.4, -0.2) is 19.9 Å². The molecule has 20 heavy (non-hydrogen) atoms. The van der Waals surface area contributed by atoms with Gasteiger partial charge in [-0.1, -0.05) is 18.2 Å². The average molecular weight is 282 g/mol. The van der Waals surface area contributed by atoms with Gasteiger partial charge in [-0.05, 0) is 35.2 Å². The van der Waals surface area contributed by atoms with E-state index in [4.69, 9.17) is 5.26 Å². The van der Waals surface area contributed by atoms with Gasteiger partial charge in [-0.25, -0.2) is 0 Å². The third-order valence-electron chi connectivity index (χ3n) is 2.83. The molecule has 3 nitrogen and oxygen atoms in total. The lowest BCUT2D eigenvalue weighted by molar-refractivity contribution is 0.104. The van der Waals surface area contributed by atoms with Gasteiger partial charge in [-0.15, -0.1) is 11.3 Å². The summed E-state index contributed by atoms with van der Waals surface area (Å²) in [6, 6.07) is 13.2. The van der Waals surface area contributed by atoms with E-state index in [-0.39, 0.29) is 11.4 Å². The fourth-order valence-corrected chi connectivity index (χ4v) is 2.40. The Balaban J connectivity index is 2.28. The van der Waals surface area contributed by atoms with Gasteiger partial charge in [0.15, 0.2) is 0 Å². The zero-order chi connectivity index (χ0) is 14.5. The highest BCUT2D eigenvalue weighted by molar-refractivity contribution is 7.12. The monoisotopic (exact) mass is 282 g/mol. The third kappa shape index (κ3) is 3.14. The van der Waals surface area contributed by atoms with Crippen LogP contribution in [0.5, 0.6) is 0 Å². The number of carbonyl (C=O) groups excluding carboxylic acids is 1. The lowest BCUT2D eigenvalue weighted by Crippen LogP contribution is -2.08. The van der Waals surface area contributed by atoms with Crippen molar-refractivity contribution in [2.75, 3.05) is 19.0 Å². The number of nitriles is 1. The van der Waals surface area contributed by atoms with Crippen LogP contribution in [0.1, 0.15) is 15.2 Å². The number of hydrogen-bond acceptors (Lipinski definition) is 4. The molecule has 0 aliphatic rings. The summed E-state index contributed by atoms with van der Waals surface area (Å²) in [4.78, 5) is 14.7. The molecule has 0 saturated carbocycles. The van der Waals surface area contributed by atoms with E-state index in [2.05, 4.69) is 0 Å². The van der Waals surface area contributed by atoms with Gasteiger partial charge < -0.3 is 4.90 Å². The standard InChI is InChI=1S/C16H14N2OS/c1-18(2)14-7-5-12(6-8-14)10-13(11-17)16(19)15-4-3-9-20-15/h3-10H,1-2H3/b13-10+. The molecule has 0 aliphatic carbocycles. The summed E-state index contributed by atoms with van der Waals surface area (Å²) in [6.07, 6.45) is 1.63. The van der Waals surface area contributed by atoms with Crippen LogP contribution >= 0.6 is 11.3 Å². The van der Waals surface area contributed by atoms with Crippen LogP contribution in [0.15, 0.2) is 47.4 Å². The van der Waals surface area contributed by atoms with Crippen molar-refractivity contribution in [2.45, 2.75) is 0 Å². The Morgan fingerprint density at radius 1 is 1.25 bits per heavy atom. The summed E-state index contributed by atoms with van der Waals surface area (Å²) >= 11 is 1.34. The number of ketones is 1. The maximum Gasteiger partial charge on any atom is 0.213 e. The summed E-state index contributed by atoms with van der Waals surface area (Å²) < 4.78 is 0. The molecule has 1 aromatic heterocycles. The molecule has 0 aliphatic heterocycles. The molecule has 0 atom stereocenters. The number of carbonyl (C=O) groups is 1. The van der Waals surface area contributed by atoms with E-state index in [0.717, 1.165) is 11.3 Å². The molecule has 0 unspecified atom stereocenters. The smallest absolute Gasteiger partial charge is 0.213 e. The molecular formula is C16H14N2OS. The highest BCUT2D eigenvalue weighted by Gasteiger charge is 2.12. The number of nitrogens with zero attached hydrogens (tertiary/aromatic N) is 2. The first-order valence-electron chi connectivity index (χ1n) is 6.09. The van der Waals surface area contributed by atoms with Crippen molar-refractivity contribution in [1.29, 1.82) is 5.26 Å². The Hall–Kier alpha value is -2.38. The number of benzene rings is 1. The van der Waals surface area contributed by atoms with Gasteiger partial charge in [0.1, 0.15) is 11.6 Å². The van der Waals surface area contributed by atoms with Crippen LogP contribution in [0.4, 0.5) is 5.69 Å². The Kier molecular flexibility index (Phi) is 4.34. The van der Waals surface area contributed by atoms with E-state index in [0.29, 0.717) is 4.88 Å². The maximum atomic E-state index is 12.1. The Bertz CT molecular complexity index is 662. The number of hydrogen-bond donors (Lipinski definition) is 0. The van der Waals surface area contributed by atoms with Gasteiger partial charge in [0.2, 0.25) is 5.78 Å². The normalized spacial score (nSPS) is 10.9. The van der Waals surface area contributed by atoms with Crippen LogP contribution in [0.2, 0.25) is 0 Å². The maximum absolute atomic E-state index is 12.1. The Morgan fingerprint density at radius 3 is 2.45 bits per heavy atom. The van der Waals surface area contributed by atoms with Crippen molar-refractivity contribution >= 4 is 28.9 Å². The largest absolute Gasteiger partial charge is 0.378 e. The quantitative estimate of drug-likeness (QED) is 0.489. The van der Waals surface area contributed by atoms with Crippen molar-refractivity contribution in [3.8, 4) is 6.07 Å². The lowest BCUT2D eigenvalue weighted by atomic mass is 10.1. The van der Waals surface area contributed by atoms with Gasteiger partial charge in [0.25, 0.3) is 0 Å². The summed E-state index contributed by atoms with van der Waals surface area (Å²) in [5, 5.41) is 11.0. The predicted molar refractivity (Wildman–Crippen MR) is 83.0 cm³/mol. The number of Topliss-reactive ketones (excluding diaryl/α,β-unsaturated/α-hetero) is 1. The molecule has 0 saturated heterocycles. The van der Waals surface area contributed by atoms with Crippen LogP contribution < -0.4 is 4.90 Å². The molecule has 100 valence electrons. The molecule has 2 rings (SSSR count). The first-order valence-corrected chi connectivity index (χ1v) is 6.97. The predicted octanol–water partition coefficient (Wildman–Crippen LogP) is 3.60. The zero-order valence-electron chi connectivity index (χ0n) is 11.3. The van der Waals surface area contributed by atoms with E-state index >= 15 is 0 Å². The first kappa shape index (κ1) is 14.0. The van der Waals surface area contributed by atoms with Gasteiger partial charge in [0.05, 0.1) is 4.88 Å².